The summed E-state index contributed by atoms with van der Waals surface area (Å²) >= 11 is 0. The first kappa shape index (κ1) is 12.5. The molecular formula is C17H17NO3. The third kappa shape index (κ3) is 2.21. The molecule has 2 unspecified atom stereocenters. The number of para-hydroxylation sites is 1. The molecule has 0 saturated carbocycles. The fraction of sp³-hybridized carbons (Fsp3) is 0.294. The summed E-state index contributed by atoms with van der Waals surface area (Å²) in [4.78, 5) is 0. The molecule has 4 nitrogen and oxygen atoms in total. The third-order valence-corrected chi connectivity index (χ3v) is 4.20. The number of benzene rings is 2. The van der Waals surface area contributed by atoms with Crippen molar-refractivity contribution in [1.29, 1.82) is 0 Å². The number of aryl methyl sites for hydroxylation is 1. The van der Waals surface area contributed by atoms with E-state index in [1.165, 1.54) is 5.56 Å². The van der Waals surface area contributed by atoms with Crippen molar-refractivity contribution in [3.63, 3.8) is 0 Å². The summed E-state index contributed by atoms with van der Waals surface area (Å²) in [6, 6.07) is 13.9. The molecule has 2 N–H and O–H groups in total. The van der Waals surface area contributed by atoms with Crippen LogP contribution in [0.3, 0.4) is 0 Å². The largest absolute Gasteiger partial charge is 0.454 e. The van der Waals surface area contributed by atoms with Gasteiger partial charge >= 0.3 is 0 Å². The maximum Gasteiger partial charge on any atom is 0.231 e. The fourth-order valence-corrected chi connectivity index (χ4v) is 3.03. The van der Waals surface area contributed by atoms with Gasteiger partial charge in [-0.2, -0.15) is 0 Å². The second kappa shape index (κ2) is 4.97. The molecule has 2 aromatic rings. The Morgan fingerprint density at radius 3 is 2.90 bits per heavy atom. The number of aliphatic hydroxyl groups excluding tert-OH is 1. The Balaban J connectivity index is 1.57. The van der Waals surface area contributed by atoms with Gasteiger partial charge in [0.15, 0.2) is 11.5 Å². The first-order valence-corrected chi connectivity index (χ1v) is 7.23. The van der Waals surface area contributed by atoms with Crippen molar-refractivity contribution >= 4 is 5.69 Å². The molecule has 21 heavy (non-hydrogen) atoms. The molecule has 0 aliphatic carbocycles. The molecule has 0 bridgehead atoms. The van der Waals surface area contributed by atoms with E-state index in [1.807, 2.05) is 24.3 Å². The van der Waals surface area contributed by atoms with Gasteiger partial charge in [0.2, 0.25) is 6.79 Å². The van der Waals surface area contributed by atoms with Crippen LogP contribution in [0.1, 0.15) is 23.7 Å². The number of ether oxygens (including phenoxy) is 2. The number of rotatable bonds is 2. The minimum atomic E-state index is -0.562. The highest BCUT2D eigenvalue weighted by Crippen LogP contribution is 2.36. The van der Waals surface area contributed by atoms with Crippen molar-refractivity contribution in [3.05, 3.63) is 53.6 Å². The highest BCUT2D eigenvalue weighted by atomic mass is 16.7. The lowest BCUT2D eigenvalue weighted by Gasteiger charge is -2.30. The van der Waals surface area contributed by atoms with Crippen LogP contribution < -0.4 is 14.8 Å². The molecular weight excluding hydrogens is 266 g/mol. The van der Waals surface area contributed by atoms with Gasteiger partial charge in [0, 0.05) is 5.69 Å². The Kier molecular flexibility index (Phi) is 2.97. The molecule has 0 fully saturated rings. The number of anilines is 1. The van der Waals surface area contributed by atoms with Gasteiger partial charge in [-0.15, -0.1) is 0 Å². The molecule has 0 amide bonds. The Morgan fingerprint density at radius 1 is 1.10 bits per heavy atom. The van der Waals surface area contributed by atoms with Gasteiger partial charge < -0.3 is 19.9 Å². The van der Waals surface area contributed by atoms with Gasteiger partial charge in [-0.05, 0) is 42.2 Å². The monoisotopic (exact) mass is 283 g/mol. The lowest BCUT2D eigenvalue weighted by Crippen LogP contribution is -2.31. The van der Waals surface area contributed by atoms with Crippen LogP contribution in [0.2, 0.25) is 0 Å². The van der Waals surface area contributed by atoms with Crippen LogP contribution in [-0.4, -0.2) is 17.9 Å². The van der Waals surface area contributed by atoms with Gasteiger partial charge in [0.25, 0.3) is 0 Å². The molecule has 108 valence electrons. The van der Waals surface area contributed by atoms with E-state index in [9.17, 15) is 5.11 Å². The summed E-state index contributed by atoms with van der Waals surface area (Å²) in [5, 5.41) is 14.1. The van der Waals surface area contributed by atoms with Crippen LogP contribution in [0.15, 0.2) is 42.5 Å². The van der Waals surface area contributed by atoms with Gasteiger partial charge in [0.1, 0.15) is 0 Å². The summed E-state index contributed by atoms with van der Waals surface area (Å²) in [5.74, 6) is 1.45. The molecule has 0 aromatic heterocycles. The quantitative estimate of drug-likeness (QED) is 0.890. The van der Waals surface area contributed by atoms with Gasteiger partial charge in [0.05, 0.1) is 12.1 Å². The minimum absolute atomic E-state index is 0.0141. The lowest BCUT2D eigenvalue weighted by atomic mass is 9.91. The van der Waals surface area contributed by atoms with E-state index < -0.39 is 6.10 Å². The second-order valence-electron chi connectivity index (χ2n) is 5.50. The molecule has 2 aromatic carbocycles. The lowest BCUT2D eigenvalue weighted by molar-refractivity contribution is 0.148. The Hall–Kier alpha value is -2.20. The topological polar surface area (TPSA) is 50.7 Å². The van der Waals surface area contributed by atoms with Gasteiger partial charge in [-0.1, -0.05) is 24.3 Å². The highest BCUT2D eigenvalue weighted by Gasteiger charge is 2.26. The summed E-state index contributed by atoms with van der Waals surface area (Å²) in [6.45, 7) is 0.254. The van der Waals surface area contributed by atoms with Crippen LogP contribution in [0.5, 0.6) is 11.5 Å². The second-order valence-corrected chi connectivity index (χ2v) is 5.50. The molecule has 2 aliphatic rings. The predicted molar refractivity (Wildman–Crippen MR) is 79.7 cm³/mol. The van der Waals surface area contributed by atoms with Crippen LogP contribution in [-0.2, 0) is 6.42 Å². The van der Waals surface area contributed by atoms with Crippen LogP contribution in [0.4, 0.5) is 5.69 Å². The molecule has 2 aliphatic heterocycles. The van der Waals surface area contributed by atoms with Crippen molar-refractivity contribution < 1.29 is 14.6 Å². The van der Waals surface area contributed by atoms with Gasteiger partial charge in [-0.25, -0.2) is 0 Å². The molecule has 2 atom stereocenters. The molecule has 0 radical (unpaired) electrons. The summed E-state index contributed by atoms with van der Waals surface area (Å²) in [6.07, 6.45) is 1.33. The Morgan fingerprint density at radius 2 is 1.95 bits per heavy atom. The van der Waals surface area contributed by atoms with Crippen LogP contribution in [0, 0.1) is 0 Å². The molecule has 2 heterocycles. The van der Waals surface area contributed by atoms with E-state index in [2.05, 4.69) is 23.5 Å². The van der Waals surface area contributed by atoms with E-state index in [4.69, 9.17) is 9.47 Å². The third-order valence-electron chi connectivity index (χ3n) is 4.20. The summed E-state index contributed by atoms with van der Waals surface area (Å²) < 4.78 is 10.7. The van der Waals surface area contributed by atoms with E-state index in [0.29, 0.717) is 5.75 Å². The Labute approximate surface area is 123 Å². The zero-order chi connectivity index (χ0) is 14.2. The first-order chi connectivity index (χ1) is 10.3. The van der Waals surface area contributed by atoms with Crippen LogP contribution in [0.25, 0.3) is 0 Å². The maximum atomic E-state index is 10.6. The summed E-state index contributed by atoms with van der Waals surface area (Å²) in [5.41, 5.74) is 3.29. The number of hydrogen-bond donors (Lipinski definition) is 2. The number of nitrogens with one attached hydrogen (secondary N) is 1. The average molecular weight is 283 g/mol. The van der Waals surface area contributed by atoms with Gasteiger partial charge in [-0.3, -0.25) is 0 Å². The fourth-order valence-electron chi connectivity index (χ4n) is 3.03. The predicted octanol–water partition coefficient (Wildman–Crippen LogP) is 2.88. The molecule has 4 rings (SSSR count). The maximum absolute atomic E-state index is 10.6. The normalized spacial score (nSPS) is 20.5. The van der Waals surface area contributed by atoms with Crippen molar-refractivity contribution in [2.75, 3.05) is 12.1 Å². The van der Waals surface area contributed by atoms with E-state index in [0.717, 1.165) is 29.8 Å². The average Bonchev–Trinajstić information content (AvgIpc) is 3.01. The molecule has 0 spiro atoms. The van der Waals surface area contributed by atoms with E-state index in [-0.39, 0.29) is 12.8 Å². The number of fused-ring (bicyclic) bond motifs is 2. The number of hydrogen-bond acceptors (Lipinski definition) is 4. The SMILES string of the molecule is OC(c1ccc2c(c1)OCO2)C1CCc2ccccc2N1. The minimum Gasteiger partial charge on any atom is -0.454 e. The standard InChI is InChI=1S/C17H17NO3/c19-17(12-6-8-15-16(9-12)21-10-20-15)14-7-5-11-3-1-2-4-13(11)18-14/h1-4,6,8-9,14,17-19H,5,7,10H2. The van der Waals surface area contributed by atoms with Crippen molar-refractivity contribution in [2.45, 2.75) is 25.0 Å². The molecule has 4 heteroatoms. The zero-order valence-electron chi connectivity index (χ0n) is 11.6. The van der Waals surface area contributed by atoms with Crippen LogP contribution >= 0.6 is 0 Å². The van der Waals surface area contributed by atoms with E-state index in [1.54, 1.807) is 0 Å². The zero-order valence-corrected chi connectivity index (χ0v) is 11.6. The van der Waals surface area contributed by atoms with Crippen molar-refractivity contribution in [1.82, 2.24) is 0 Å². The Bertz CT molecular complexity index is 671. The summed E-state index contributed by atoms with van der Waals surface area (Å²) in [7, 11) is 0. The smallest absolute Gasteiger partial charge is 0.231 e. The highest BCUT2D eigenvalue weighted by molar-refractivity contribution is 5.54. The first-order valence-electron chi connectivity index (χ1n) is 7.23. The van der Waals surface area contributed by atoms with Crippen molar-refractivity contribution in [3.8, 4) is 11.5 Å². The number of aliphatic hydroxyl groups is 1. The molecule has 0 saturated heterocycles. The van der Waals surface area contributed by atoms with E-state index >= 15 is 0 Å². The van der Waals surface area contributed by atoms with Crippen molar-refractivity contribution in [2.24, 2.45) is 0 Å².